The standard InChI is InChI=1S/C14H23N3O2S/c1-5-6-14(11(18)19)7-8-17(9-14)12-15-10(16-20-12)13(2,3)4/h5-9H2,1-4H3,(H,18,19). The van der Waals surface area contributed by atoms with Crippen molar-refractivity contribution >= 4 is 22.6 Å². The van der Waals surface area contributed by atoms with Crippen LogP contribution in [0.4, 0.5) is 5.13 Å². The van der Waals surface area contributed by atoms with Gasteiger partial charge in [0.1, 0.15) is 5.82 Å². The number of hydrogen-bond donors (Lipinski definition) is 1. The minimum Gasteiger partial charge on any atom is -0.481 e. The lowest BCUT2D eigenvalue weighted by Gasteiger charge is -2.23. The van der Waals surface area contributed by atoms with Gasteiger partial charge in [0.25, 0.3) is 0 Å². The fourth-order valence-electron chi connectivity index (χ4n) is 2.65. The molecule has 1 aliphatic heterocycles. The number of carboxylic acids is 1. The summed E-state index contributed by atoms with van der Waals surface area (Å²) >= 11 is 1.38. The maximum atomic E-state index is 11.6. The Morgan fingerprint density at radius 1 is 1.50 bits per heavy atom. The van der Waals surface area contributed by atoms with E-state index in [1.54, 1.807) is 0 Å². The van der Waals surface area contributed by atoms with Gasteiger partial charge in [-0.2, -0.15) is 4.37 Å². The lowest BCUT2D eigenvalue weighted by molar-refractivity contribution is -0.148. The highest BCUT2D eigenvalue weighted by molar-refractivity contribution is 7.09. The van der Waals surface area contributed by atoms with Crippen LogP contribution in [0.15, 0.2) is 0 Å². The van der Waals surface area contributed by atoms with E-state index >= 15 is 0 Å². The zero-order valence-electron chi connectivity index (χ0n) is 12.6. The van der Waals surface area contributed by atoms with E-state index in [0.29, 0.717) is 13.0 Å². The van der Waals surface area contributed by atoms with Crippen molar-refractivity contribution in [1.82, 2.24) is 9.36 Å². The molecule has 0 aliphatic carbocycles. The number of rotatable bonds is 4. The Kier molecular flexibility index (Phi) is 4.04. The molecule has 0 amide bonds. The van der Waals surface area contributed by atoms with Crippen LogP contribution in [0.25, 0.3) is 0 Å². The first kappa shape index (κ1) is 15.2. The highest BCUT2D eigenvalue weighted by atomic mass is 32.1. The third-order valence-corrected chi connectivity index (χ3v) is 4.67. The van der Waals surface area contributed by atoms with Gasteiger partial charge in [-0.25, -0.2) is 4.98 Å². The third kappa shape index (κ3) is 2.80. The lowest BCUT2D eigenvalue weighted by atomic mass is 9.83. The molecule has 1 unspecified atom stereocenters. The summed E-state index contributed by atoms with van der Waals surface area (Å²) in [5.41, 5.74) is -0.676. The Labute approximate surface area is 124 Å². The molecular weight excluding hydrogens is 274 g/mol. The monoisotopic (exact) mass is 297 g/mol. The van der Waals surface area contributed by atoms with Gasteiger partial charge >= 0.3 is 5.97 Å². The molecular formula is C14H23N3O2S. The van der Waals surface area contributed by atoms with Crippen molar-refractivity contribution in [2.24, 2.45) is 5.41 Å². The maximum absolute atomic E-state index is 11.6. The molecule has 6 heteroatoms. The average molecular weight is 297 g/mol. The maximum Gasteiger partial charge on any atom is 0.311 e. The molecule has 1 aliphatic rings. The van der Waals surface area contributed by atoms with Crippen molar-refractivity contribution in [3.05, 3.63) is 5.82 Å². The van der Waals surface area contributed by atoms with Crippen LogP contribution < -0.4 is 4.90 Å². The van der Waals surface area contributed by atoms with E-state index in [1.807, 2.05) is 6.92 Å². The summed E-state index contributed by atoms with van der Waals surface area (Å²) in [6, 6.07) is 0. The van der Waals surface area contributed by atoms with E-state index in [2.05, 4.69) is 35.0 Å². The number of carbonyl (C=O) groups is 1. The molecule has 2 heterocycles. The van der Waals surface area contributed by atoms with Crippen LogP contribution in [0.2, 0.25) is 0 Å². The third-order valence-electron chi connectivity index (χ3n) is 3.89. The van der Waals surface area contributed by atoms with Crippen LogP contribution in [-0.2, 0) is 10.2 Å². The SMILES string of the molecule is CCCC1(C(=O)O)CCN(c2nc(C(C)(C)C)ns2)C1. The minimum absolute atomic E-state index is 0.0677. The first-order valence-electron chi connectivity index (χ1n) is 7.11. The average Bonchev–Trinajstić information content (AvgIpc) is 2.94. The molecule has 2 rings (SSSR count). The predicted octanol–water partition coefficient (Wildman–Crippen LogP) is 2.92. The smallest absolute Gasteiger partial charge is 0.311 e. The molecule has 1 aromatic rings. The van der Waals surface area contributed by atoms with E-state index < -0.39 is 11.4 Å². The highest BCUT2D eigenvalue weighted by Crippen LogP contribution is 2.38. The van der Waals surface area contributed by atoms with Gasteiger partial charge < -0.3 is 10.0 Å². The van der Waals surface area contributed by atoms with E-state index in [9.17, 15) is 9.90 Å². The van der Waals surface area contributed by atoms with Gasteiger partial charge in [0, 0.05) is 30.0 Å². The highest BCUT2D eigenvalue weighted by Gasteiger charge is 2.44. The normalized spacial score (nSPS) is 23.3. The van der Waals surface area contributed by atoms with Crippen LogP contribution in [0.5, 0.6) is 0 Å². The number of aromatic nitrogens is 2. The topological polar surface area (TPSA) is 66.3 Å². The van der Waals surface area contributed by atoms with E-state index in [0.717, 1.165) is 30.3 Å². The van der Waals surface area contributed by atoms with Crippen LogP contribution in [0.3, 0.4) is 0 Å². The van der Waals surface area contributed by atoms with Gasteiger partial charge in [0.15, 0.2) is 0 Å². The molecule has 0 spiro atoms. The zero-order valence-corrected chi connectivity index (χ0v) is 13.5. The number of nitrogens with zero attached hydrogens (tertiary/aromatic N) is 3. The van der Waals surface area contributed by atoms with Gasteiger partial charge in [-0.05, 0) is 12.8 Å². The largest absolute Gasteiger partial charge is 0.481 e. The van der Waals surface area contributed by atoms with E-state index in [4.69, 9.17) is 0 Å². The summed E-state index contributed by atoms with van der Waals surface area (Å²) in [7, 11) is 0. The van der Waals surface area contributed by atoms with Crippen molar-refractivity contribution in [3.8, 4) is 0 Å². The van der Waals surface area contributed by atoms with Crippen molar-refractivity contribution in [2.75, 3.05) is 18.0 Å². The summed E-state index contributed by atoms with van der Waals surface area (Å²) in [6.45, 7) is 9.60. The summed E-state index contributed by atoms with van der Waals surface area (Å²) < 4.78 is 4.41. The Balaban J connectivity index is 2.16. The van der Waals surface area contributed by atoms with Crippen molar-refractivity contribution < 1.29 is 9.90 Å². The van der Waals surface area contributed by atoms with Gasteiger partial charge in [0.2, 0.25) is 5.13 Å². The molecule has 0 saturated carbocycles. The van der Waals surface area contributed by atoms with E-state index in [-0.39, 0.29) is 5.41 Å². The molecule has 1 fully saturated rings. The Bertz CT molecular complexity index is 495. The van der Waals surface area contributed by atoms with Gasteiger partial charge in [-0.15, -0.1) is 0 Å². The summed E-state index contributed by atoms with van der Waals surface area (Å²) in [5, 5.41) is 10.4. The van der Waals surface area contributed by atoms with Gasteiger partial charge in [0.05, 0.1) is 5.41 Å². The molecule has 0 bridgehead atoms. The van der Waals surface area contributed by atoms with Gasteiger partial charge in [-0.3, -0.25) is 4.79 Å². The first-order valence-corrected chi connectivity index (χ1v) is 7.88. The fourth-order valence-corrected chi connectivity index (χ4v) is 3.53. The van der Waals surface area contributed by atoms with Crippen LogP contribution in [0.1, 0.15) is 52.8 Å². The Hall–Kier alpha value is -1.17. The molecule has 1 atom stereocenters. The molecule has 0 aromatic carbocycles. The predicted molar refractivity (Wildman–Crippen MR) is 80.4 cm³/mol. The quantitative estimate of drug-likeness (QED) is 0.925. The molecule has 0 radical (unpaired) electrons. The first-order chi connectivity index (χ1) is 9.28. The lowest BCUT2D eigenvalue weighted by Crippen LogP contribution is -2.34. The Morgan fingerprint density at radius 2 is 2.20 bits per heavy atom. The molecule has 1 saturated heterocycles. The van der Waals surface area contributed by atoms with Crippen molar-refractivity contribution in [3.63, 3.8) is 0 Å². The second-order valence-corrected chi connectivity index (χ2v) is 7.39. The zero-order chi connectivity index (χ0) is 15.0. The number of carboxylic acid groups (broad SMARTS) is 1. The molecule has 5 nitrogen and oxygen atoms in total. The minimum atomic E-state index is -0.678. The summed E-state index contributed by atoms with van der Waals surface area (Å²) in [4.78, 5) is 18.3. The van der Waals surface area contributed by atoms with Crippen molar-refractivity contribution in [1.29, 1.82) is 0 Å². The van der Waals surface area contributed by atoms with E-state index in [1.165, 1.54) is 11.5 Å². The summed E-state index contributed by atoms with van der Waals surface area (Å²) in [6.07, 6.45) is 2.31. The van der Waals surface area contributed by atoms with Crippen molar-refractivity contribution in [2.45, 2.75) is 52.4 Å². The van der Waals surface area contributed by atoms with Crippen LogP contribution >= 0.6 is 11.5 Å². The fraction of sp³-hybridized carbons (Fsp3) is 0.786. The molecule has 1 aromatic heterocycles. The summed E-state index contributed by atoms with van der Waals surface area (Å²) in [5.74, 6) is 0.156. The van der Waals surface area contributed by atoms with Crippen LogP contribution in [-0.4, -0.2) is 33.5 Å². The van der Waals surface area contributed by atoms with Crippen LogP contribution in [0, 0.1) is 5.41 Å². The molecule has 20 heavy (non-hydrogen) atoms. The molecule has 1 N–H and O–H groups in total. The second-order valence-electron chi connectivity index (χ2n) is 6.66. The number of anilines is 1. The number of hydrogen-bond acceptors (Lipinski definition) is 5. The number of aliphatic carboxylic acids is 1. The second kappa shape index (κ2) is 5.31. The van der Waals surface area contributed by atoms with Gasteiger partial charge in [-0.1, -0.05) is 34.1 Å². The molecule has 112 valence electrons. The Morgan fingerprint density at radius 3 is 2.70 bits per heavy atom.